The molecular formula is C31H33F2N3. The summed E-state index contributed by atoms with van der Waals surface area (Å²) in [6.45, 7) is 6.00. The third kappa shape index (κ3) is 6.88. The van der Waals surface area contributed by atoms with Gasteiger partial charge in [0.05, 0.1) is 11.4 Å². The number of rotatable bonds is 10. The number of halogens is 2. The Balaban J connectivity index is 2.00. The lowest BCUT2D eigenvalue weighted by Crippen LogP contribution is -2.34. The van der Waals surface area contributed by atoms with Crippen LogP contribution in [0.15, 0.2) is 72.4 Å². The van der Waals surface area contributed by atoms with Crippen molar-refractivity contribution in [3.05, 3.63) is 84.2 Å². The Morgan fingerprint density at radius 3 is 2.69 bits per heavy atom. The summed E-state index contributed by atoms with van der Waals surface area (Å²) in [6, 6.07) is 14.7. The highest BCUT2D eigenvalue weighted by Crippen LogP contribution is 2.44. The van der Waals surface area contributed by atoms with Crippen molar-refractivity contribution in [3.8, 4) is 23.7 Å². The quantitative estimate of drug-likeness (QED) is 0.149. The van der Waals surface area contributed by atoms with Crippen LogP contribution in [0.3, 0.4) is 0 Å². The molecule has 36 heavy (non-hydrogen) atoms. The van der Waals surface area contributed by atoms with Crippen LogP contribution in [-0.4, -0.2) is 36.1 Å². The first-order valence-electron chi connectivity index (χ1n) is 12.1. The average Bonchev–Trinajstić information content (AvgIpc) is 2.86. The number of terminal acetylenes is 1. The molecule has 3 rings (SSSR count). The molecule has 0 spiro atoms. The summed E-state index contributed by atoms with van der Waals surface area (Å²) >= 11 is 0. The van der Waals surface area contributed by atoms with Gasteiger partial charge in [0.2, 0.25) is 5.92 Å². The zero-order valence-corrected chi connectivity index (χ0v) is 21.2. The number of benzene rings is 1. The molecule has 0 bridgehead atoms. The Morgan fingerprint density at radius 2 is 2.06 bits per heavy atom. The van der Waals surface area contributed by atoms with E-state index in [1.165, 1.54) is 0 Å². The van der Waals surface area contributed by atoms with Crippen LogP contribution in [-0.2, 0) is 0 Å². The fraction of sp³-hybridized carbons (Fsp3) is 0.290. The standard InChI is InChI=1S/C31H33F2N3/c1-6-11-27(21-34-4)28-16-17-29(35-30(28)15-9-12-23-19-31(32,33)20-23)26-14-10-13-25(18-26)24(7-2)22-36(5)8-3/h3,7,9-11,13-18,21-23H,2,6,12,19-20H2,1,4-5H3/b15-9+,24-22+,27-11+,34-21-. The molecule has 186 valence electrons. The number of alkyl halides is 2. The van der Waals surface area contributed by atoms with Crippen molar-refractivity contribution in [2.75, 3.05) is 14.1 Å². The maximum Gasteiger partial charge on any atom is 0.248 e. The normalized spacial score (nSPS) is 16.2. The van der Waals surface area contributed by atoms with Gasteiger partial charge in [0.1, 0.15) is 0 Å². The van der Waals surface area contributed by atoms with E-state index in [1.807, 2.05) is 54.9 Å². The molecule has 5 heteroatoms. The number of nitrogens with zero attached hydrogens (tertiary/aromatic N) is 3. The van der Waals surface area contributed by atoms with E-state index in [2.05, 4.69) is 36.7 Å². The van der Waals surface area contributed by atoms with Crippen LogP contribution in [0.25, 0.3) is 28.5 Å². The Morgan fingerprint density at radius 1 is 1.28 bits per heavy atom. The van der Waals surface area contributed by atoms with Gasteiger partial charge in [0.25, 0.3) is 0 Å². The lowest BCUT2D eigenvalue weighted by molar-refractivity contribution is -0.109. The van der Waals surface area contributed by atoms with Gasteiger partial charge in [-0.15, -0.1) is 0 Å². The maximum absolute atomic E-state index is 13.2. The van der Waals surface area contributed by atoms with Crippen molar-refractivity contribution >= 4 is 23.4 Å². The summed E-state index contributed by atoms with van der Waals surface area (Å²) in [4.78, 5) is 10.8. The molecule has 1 saturated carbocycles. The first kappa shape index (κ1) is 26.8. The lowest BCUT2D eigenvalue weighted by atomic mass is 9.79. The second-order valence-electron chi connectivity index (χ2n) is 8.96. The fourth-order valence-electron chi connectivity index (χ4n) is 4.27. The molecule has 3 nitrogen and oxygen atoms in total. The van der Waals surface area contributed by atoms with E-state index in [-0.39, 0.29) is 18.8 Å². The summed E-state index contributed by atoms with van der Waals surface area (Å²) in [5.41, 5.74) is 6.37. The maximum atomic E-state index is 13.2. The van der Waals surface area contributed by atoms with Crippen molar-refractivity contribution < 1.29 is 8.78 Å². The molecule has 0 saturated heterocycles. The summed E-state index contributed by atoms with van der Waals surface area (Å²) in [5, 5.41) is 0. The Kier molecular flexibility index (Phi) is 9.13. The molecule has 0 unspecified atom stereocenters. The van der Waals surface area contributed by atoms with Gasteiger partial charge in [0.15, 0.2) is 0 Å². The van der Waals surface area contributed by atoms with Crippen LogP contribution >= 0.6 is 0 Å². The highest BCUT2D eigenvalue weighted by molar-refractivity contribution is 6.10. The van der Waals surface area contributed by atoms with E-state index in [0.717, 1.165) is 45.6 Å². The van der Waals surface area contributed by atoms with Crippen molar-refractivity contribution in [3.63, 3.8) is 0 Å². The van der Waals surface area contributed by atoms with E-state index in [0.29, 0.717) is 6.42 Å². The molecule has 1 fully saturated rings. The molecule has 0 aliphatic heterocycles. The Bertz CT molecular complexity index is 1240. The van der Waals surface area contributed by atoms with E-state index in [4.69, 9.17) is 11.4 Å². The van der Waals surface area contributed by atoms with Crippen LogP contribution in [0, 0.1) is 18.4 Å². The van der Waals surface area contributed by atoms with Gasteiger partial charge < -0.3 is 4.90 Å². The van der Waals surface area contributed by atoms with Crippen LogP contribution < -0.4 is 0 Å². The molecular weight excluding hydrogens is 452 g/mol. The van der Waals surface area contributed by atoms with E-state index in [1.54, 1.807) is 25.1 Å². The van der Waals surface area contributed by atoms with E-state index < -0.39 is 5.92 Å². The minimum Gasteiger partial charge on any atom is -0.311 e. The van der Waals surface area contributed by atoms with Crippen molar-refractivity contribution in [2.24, 2.45) is 10.9 Å². The molecule has 0 radical (unpaired) electrons. The number of allylic oxidation sites excluding steroid dienone is 5. The molecule has 2 aromatic rings. The van der Waals surface area contributed by atoms with Crippen molar-refractivity contribution in [1.29, 1.82) is 0 Å². The van der Waals surface area contributed by atoms with Crippen LogP contribution in [0.1, 0.15) is 49.4 Å². The highest BCUT2D eigenvalue weighted by Gasteiger charge is 2.44. The van der Waals surface area contributed by atoms with Gasteiger partial charge in [-0.3, -0.25) is 4.99 Å². The second-order valence-corrected chi connectivity index (χ2v) is 8.96. The zero-order chi connectivity index (χ0) is 26.1. The van der Waals surface area contributed by atoms with Crippen LogP contribution in [0.5, 0.6) is 0 Å². The number of aliphatic imine (C=N–C) groups is 1. The van der Waals surface area contributed by atoms with E-state index in [9.17, 15) is 8.78 Å². The van der Waals surface area contributed by atoms with Gasteiger partial charge in [-0.05, 0) is 59.7 Å². The summed E-state index contributed by atoms with van der Waals surface area (Å²) in [7, 11) is 3.55. The van der Waals surface area contributed by atoms with E-state index >= 15 is 0 Å². The van der Waals surface area contributed by atoms with Crippen LogP contribution in [0.2, 0.25) is 0 Å². The number of hydrogen-bond acceptors (Lipinski definition) is 3. The predicted molar refractivity (Wildman–Crippen MR) is 148 cm³/mol. The van der Waals surface area contributed by atoms with Gasteiger partial charge in [-0.1, -0.05) is 56.4 Å². The minimum absolute atomic E-state index is 0.0210. The predicted octanol–water partition coefficient (Wildman–Crippen LogP) is 7.74. The number of pyridine rings is 1. The third-order valence-electron chi connectivity index (χ3n) is 6.10. The summed E-state index contributed by atoms with van der Waals surface area (Å²) in [6.07, 6.45) is 18.3. The Hall–Kier alpha value is -3.78. The third-order valence-corrected chi connectivity index (χ3v) is 6.10. The summed E-state index contributed by atoms with van der Waals surface area (Å²) < 4.78 is 26.5. The first-order valence-corrected chi connectivity index (χ1v) is 12.1. The fourth-order valence-corrected chi connectivity index (χ4v) is 4.27. The molecule has 0 N–H and O–H groups in total. The highest BCUT2D eigenvalue weighted by atomic mass is 19.3. The zero-order valence-electron chi connectivity index (χ0n) is 21.2. The molecule has 1 aromatic carbocycles. The number of aromatic nitrogens is 1. The molecule has 0 amide bonds. The largest absolute Gasteiger partial charge is 0.311 e. The molecule has 1 aliphatic carbocycles. The lowest BCUT2D eigenvalue weighted by Gasteiger charge is -2.34. The molecule has 1 heterocycles. The monoisotopic (exact) mass is 485 g/mol. The van der Waals surface area contributed by atoms with Gasteiger partial charge in [-0.2, -0.15) is 0 Å². The smallest absolute Gasteiger partial charge is 0.248 e. The van der Waals surface area contributed by atoms with Gasteiger partial charge >= 0.3 is 0 Å². The van der Waals surface area contributed by atoms with Gasteiger partial charge in [-0.25, -0.2) is 13.8 Å². The number of hydrogen-bond donors (Lipinski definition) is 0. The molecule has 1 aromatic heterocycles. The molecule has 1 aliphatic rings. The topological polar surface area (TPSA) is 28.5 Å². The first-order chi connectivity index (χ1) is 17.3. The summed E-state index contributed by atoms with van der Waals surface area (Å²) in [5.74, 6) is -2.48. The Labute approximate surface area is 213 Å². The van der Waals surface area contributed by atoms with Crippen molar-refractivity contribution in [2.45, 2.75) is 38.5 Å². The van der Waals surface area contributed by atoms with Crippen molar-refractivity contribution in [1.82, 2.24) is 9.88 Å². The second kappa shape index (κ2) is 12.3. The van der Waals surface area contributed by atoms with Gasteiger partial charge in [0, 0.05) is 56.5 Å². The molecule has 0 atom stereocenters. The average molecular weight is 486 g/mol. The minimum atomic E-state index is -2.50. The SMILES string of the molecule is C#CN(C)/C=C(\C=C)c1cccc(-c2ccc(C(/C=N\C)=C/CC)c(/C=C/CC3CC(F)(F)C3)n2)c1. The van der Waals surface area contributed by atoms with Crippen LogP contribution in [0.4, 0.5) is 8.78 Å².